The van der Waals surface area contributed by atoms with Gasteiger partial charge in [-0.05, 0) is 75.9 Å². The monoisotopic (exact) mass is 378 g/mol. The van der Waals surface area contributed by atoms with Gasteiger partial charge in [-0.3, -0.25) is 0 Å². The molecule has 0 amide bonds. The lowest BCUT2D eigenvalue weighted by atomic mass is 9.99. The summed E-state index contributed by atoms with van der Waals surface area (Å²) in [6.07, 6.45) is 4.53. The third kappa shape index (κ3) is 5.35. The first-order valence-electron chi connectivity index (χ1n) is 9.19. The quantitative estimate of drug-likeness (QED) is 0.598. The van der Waals surface area contributed by atoms with Gasteiger partial charge in [-0.25, -0.2) is 13.1 Å². The predicted octanol–water partition coefficient (Wildman–Crippen LogP) is 4.47. The van der Waals surface area contributed by atoms with Crippen LogP contribution in [0.4, 0.5) is 5.69 Å². The molecular formula is C20H30N2O3S. The molecule has 1 aromatic heterocycles. The summed E-state index contributed by atoms with van der Waals surface area (Å²) in [6.45, 7) is 8.99. The molecule has 2 rings (SSSR count). The lowest BCUT2D eigenvalue weighted by molar-refractivity contribution is 0.566. The maximum absolute atomic E-state index is 11.7. The second-order valence-corrected chi connectivity index (χ2v) is 9.19. The molecule has 0 radical (unpaired) electrons. The van der Waals surface area contributed by atoms with E-state index in [9.17, 15) is 8.42 Å². The molecule has 5 nitrogen and oxygen atoms in total. The van der Waals surface area contributed by atoms with Gasteiger partial charge >= 0.3 is 0 Å². The minimum absolute atomic E-state index is 0.375. The second kappa shape index (κ2) is 9.24. The van der Waals surface area contributed by atoms with E-state index in [-0.39, 0.29) is 5.25 Å². The molecule has 1 heterocycles. The molecule has 26 heavy (non-hydrogen) atoms. The van der Waals surface area contributed by atoms with Gasteiger partial charge in [-0.15, -0.1) is 0 Å². The summed E-state index contributed by atoms with van der Waals surface area (Å²) in [7, 11) is -3.14. The van der Waals surface area contributed by atoms with E-state index in [1.54, 1.807) is 20.1 Å². The summed E-state index contributed by atoms with van der Waals surface area (Å²) in [4.78, 5) is 0. The normalized spacial score (nSPS) is 11.9. The van der Waals surface area contributed by atoms with Gasteiger partial charge in [0.05, 0.1) is 11.5 Å². The Morgan fingerprint density at radius 2 is 1.73 bits per heavy atom. The van der Waals surface area contributed by atoms with Crippen molar-refractivity contribution in [1.29, 1.82) is 0 Å². The van der Waals surface area contributed by atoms with Crippen LogP contribution in [0, 0.1) is 13.8 Å². The van der Waals surface area contributed by atoms with Gasteiger partial charge in [0, 0.05) is 24.3 Å². The highest BCUT2D eigenvalue weighted by Gasteiger charge is 2.14. The fourth-order valence-electron chi connectivity index (χ4n) is 2.74. The molecule has 0 saturated heterocycles. The van der Waals surface area contributed by atoms with Crippen LogP contribution in [-0.2, 0) is 10.0 Å². The van der Waals surface area contributed by atoms with Crippen LogP contribution < -0.4 is 10.0 Å². The number of sulfonamides is 1. The van der Waals surface area contributed by atoms with Crippen molar-refractivity contribution in [2.24, 2.45) is 0 Å². The number of hydrogen-bond donors (Lipinski definition) is 2. The van der Waals surface area contributed by atoms with Crippen LogP contribution in [-0.4, -0.2) is 26.8 Å². The Balaban J connectivity index is 1.76. The van der Waals surface area contributed by atoms with Crippen LogP contribution in [0.15, 0.2) is 34.9 Å². The molecule has 2 aromatic rings. The van der Waals surface area contributed by atoms with Gasteiger partial charge in [0.1, 0.15) is 5.76 Å². The standard InChI is InChI=1S/C20H30N2O3S/c1-15(2)26(23,24)22-13-7-5-6-12-21-19-11-10-18(16(3)17(19)4)20-9-8-14-25-20/h8-11,14-15,21-22H,5-7,12-13H2,1-4H3. The van der Waals surface area contributed by atoms with Crippen molar-refractivity contribution >= 4 is 15.7 Å². The zero-order chi connectivity index (χ0) is 19.2. The summed E-state index contributed by atoms with van der Waals surface area (Å²) in [5, 5.41) is 3.11. The van der Waals surface area contributed by atoms with Gasteiger partial charge < -0.3 is 9.73 Å². The van der Waals surface area contributed by atoms with Crippen LogP contribution in [0.5, 0.6) is 0 Å². The lowest BCUT2D eigenvalue weighted by Gasteiger charge is -2.14. The van der Waals surface area contributed by atoms with Gasteiger partial charge in [-0.1, -0.05) is 6.42 Å². The molecule has 0 aliphatic carbocycles. The summed E-state index contributed by atoms with van der Waals surface area (Å²) in [5.41, 5.74) is 4.70. The first kappa shape index (κ1) is 20.5. The van der Waals surface area contributed by atoms with Gasteiger partial charge in [0.2, 0.25) is 10.0 Å². The Morgan fingerprint density at radius 1 is 1.00 bits per heavy atom. The van der Waals surface area contributed by atoms with E-state index in [0.717, 1.165) is 42.8 Å². The third-order valence-corrected chi connectivity index (χ3v) is 6.51. The molecule has 0 saturated carbocycles. The fourth-order valence-corrected chi connectivity index (χ4v) is 3.50. The number of benzene rings is 1. The van der Waals surface area contributed by atoms with Crippen LogP contribution in [0.3, 0.4) is 0 Å². The average molecular weight is 379 g/mol. The van der Waals surface area contributed by atoms with Gasteiger partial charge in [0.25, 0.3) is 0 Å². The van der Waals surface area contributed by atoms with Crippen molar-refractivity contribution in [2.45, 2.75) is 52.2 Å². The lowest BCUT2D eigenvalue weighted by Crippen LogP contribution is -2.31. The first-order chi connectivity index (χ1) is 12.3. The molecule has 0 unspecified atom stereocenters. The highest BCUT2D eigenvalue weighted by molar-refractivity contribution is 7.90. The minimum Gasteiger partial charge on any atom is -0.464 e. The molecular weight excluding hydrogens is 348 g/mol. The molecule has 0 fully saturated rings. The van der Waals surface area contributed by atoms with E-state index >= 15 is 0 Å². The van der Waals surface area contributed by atoms with Crippen LogP contribution in [0.2, 0.25) is 0 Å². The van der Waals surface area contributed by atoms with Crippen molar-refractivity contribution in [1.82, 2.24) is 4.72 Å². The highest BCUT2D eigenvalue weighted by atomic mass is 32.2. The Labute approximate surface area is 157 Å². The molecule has 0 aliphatic rings. The zero-order valence-electron chi connectivity index (χ0n) is 16.1. The van der Waals surface area contributed by atoms with Crippen molar-refractivity contribution in [3.63, 3.8) is 0 Å². The summed E-state index contributed by atoms with van der Waals surface area (Å²) < 4.78 is 31.5. The number of anilines is 1. The van der Waals surface area contributed by atoms with E-state index in [4.69, 9.17) is 4.42 Å². The van der Waals surface area contributed by atoms with E-state index < -0.39 is 10.0 Å². The third-order valence-electron chi connectivity index (χ3n) is 4.67. The van der Waals surface area contributed by atoms with Gasteiger partial charge in [0.15, 0.2) is 0 Å². The van der Waals surface area contributed by atoms with Crippen molar-refractivity contribution in [2.75, 3.05) is 18.4 Å². The van der Waals surface area contributed by atoms with Crippen LogP contribution in [0.1, 0.15) is 44.2 Å². The van der Waals surface area contributed by atoms with Crippen LogP contribution >= 0.6 is 0 Å². The minimum atomic E-state index is -3.14. The number of furan rings is 1. The number of hydrogen-bond acceptors (Lipinski definition) is 4. The molecule has 0 aliphatic heterocycles. The zero-order valence-corrected chi connectivity index (χ0v) is 16.9. The SMILES string of the molecule is Cc1c(NCCCCCNS(=O)(=O)C(C)C)ccc(-c2ccco2)c1C. The van der Waals surface area contributed by atoms with Crippen molar-refractivity contribution in [3.05, 3.63) is 41.7 Å². The summed E-state index contributed by atoms with van der Waals surface area (Å²) in [6, 6.07) is 8.06. The smallest absolute Gasteiger partial charge is 0.213 e. The van der Waals surface area contributed by atoms with Crippen LogP contribution in [0.25, 0.3) is 11.3 Å². The van der Waals surface area contributed by atoms with E-state index in [1.807, 2.05) is 12.1 Å². The molecule has 2 N–H and O–H groups in total. The Hall–Kier alpha value is -1.79. The molecule has 6 heteroatoms. The number of unbranched alkanes of at least 4 members (excludes halogenated alkanes) is 2. The molecule has 1 aromatic carbocycles. The molecule has 144 valence electrons. The Morgan fingerprint density at radius 3 is 2.38 bits per heavy atom. The summed E-state index contributed by atoms with van der Waals surface area (Å²) >= 11 is 0. The van der Waals surface area contributed by atoms with E-state index in [2.05, 4.69) is 36.0 Å². The molecule has 0 spiro atoms. The average Bonchev–Trinajstić information content (AvgIpc) is 3.11. The maximum atomic E-state index is 11.7. The Bertz CT molecular complexity index is 797. The Kier molecular flexibility index (Phi) is 7.29. The number of nitrogens with one attached hydrogen (secondary N) is 2. The predicted molar refractivity (Wildman–Crippen MR) is 108 cm³/mol. The second-order valence-electron chi connectivity index (χ2n) is 6.86. The maximum Gasteiger partial charge on any atom is 0.213 e. The number of rotatable bonds is 10. The van der Waals surface area contributed by atoms with Crippen molar-refractivity contribution < 1.29 is 12.8 Å². The fraction of sp³-hybridized carbons (Fsp3) is 0.500. The highest BCUT2D eigenvalue weighted by Crippen LogP contribution is 2.30. The first-order valence-corrected chi connectivity index (χ1v) is 10.7. The molecule has 0 bridgehead atoms. The van der Waals surface area contributed by atoms with Crippen molar-refractivity contribution in [3.8, 4) is 11.3 Å². The molecule has 0 atom stereocenters. The van der Waals surface area contributed by atoms with E-state index in [0.29, 0.717) is 6.54 Å². The topological polar surface area (TPSA) is 71.3 Å². The largest absolute Gasteiger partial charge is 0.464 e. The van der Waals surface area contributed by atoms with Gasteiger partial charge in [-0.2, -0.15) is 0 Å². The van der Waals surface area contributed by atoms with E-state index in [1.165, 1.54) is 11.1 Å². The summed E-state index contributed by atoms with van der Waals surface area (Å²) in [5.74, 6) is 0.890.